The molecule has 0 saturated heterocycles. The maximum atomic E-state index is 13.7. The van der Waals surface area contributed by atoms with Crippen molar-refractivity contribution in [2.75, 3.05) is 36.9 Å². The molecule has 0 spiro atoms. The number of ether oxygens (including phenoxy) is 2. The van der Waals surface area contributed by atoms with Crippen LogP contribution in [0.2, 0.25) is 0 Å². The molecule has 2 amide bonds. The van der Waals surface area contributed by atoms with Crippen LogP contribution < -0.4 is 19.1 Å². The van der Waals surface area contributed by atoms with E-state index in [2.05, 4.69) is 5.32 Å². The Morgan fingerprint density at radius 2 is 1.69 bits per heavy atom. The highest BCUT2D eigenvalue weighted by atomic mass is 32.2. The molecule has 9 nitrogen and oxygen atoms in total. The van der Waals surface area contributed by atoms with Gasteiger partial charge in [-0.3, -0.25) is 13.9 Å². The summed E-state index contributed by atoms with van der Waals surface area (Å²) in [6.45, 7) is 6.77. The first-order valence-electron chi connectivity index (χ1n) is 12.1. The number of benzene rings is 2. The van der Waals surface area contributed by atoms with E-state index >= 15 is 0 Å². The topological polar surface area (TPSA) is 105 Å². The number of nitrogens with zero attached hydrogens (tertiary/aromatic N) is 2. The number of hydrogen-bond acceptors (Lipinski definition) is 6. The Morgan fingerprint density at radius 3 is 2.31 bits per heavy atom. The summed E-state index contributed by atoms with van der Waals surface area (Å²) < 4.78 is 37.7. The Balaban J connectivity index is 1.92. The van der Waals surface area contributed by atoms with Crippen LogP contribution in [0.4, 0.5) is 5.69 Å². The molecule has 1 aliphatic heterocycles. The van der Waals surface area contributed by atoms with Crippen molar-refractivity contribution in [3.63, 3.8) is 0 Å². The smallest absolute Gasteiger partial charge is 0.244 e. The Bertz CT molecular complexity index is 1150. The summed E-state index contributed by atoms with van der Waals surface area (Å²) in [7, 11) is -3.83. The molecular weight excluding hydrogens is 482 g/mol. The molecule has 0 aliphatic carbocycles. The molecule has 10 heteroatoms. The highest BCUT2D eigenvalue weighted by molar-refractivity contribution is 7.92. The summed E-state index contributed by atoms with van der Waals surface area (Å²) >= 11 is 0. The zero-order valence-electron chi connectivity index (χ0n) is 21.3. The predicted molar refractivity (Wildman–Crippen MR) is 139 cm³/mol. The fraction of sp³-hybridized carbons (Fsp3) is 0.462. The minimum absolute atomic E-state index is 0.173. The molecule has 196 valence electrons. The molecule has 1 heterocycles. The third kappa shape index (κ3) is 7.13. The number of sulfonamides is 1. The summed E-state index contributed by atoms with van der Waals surface area (Å²) in [6.07, 6.45) is 1.43. The molecule has 0 saturated carbocycles. The van der Waals surface area contributed by atoms with Crippen LogP contribution in [-0.2, 0) is 26.2 Å². The molecule has 0 fully saturated rings. The van der Waals surface area contributed by atoms with Gasteiger partial charge in [0.15, 0.2) is 11.5 Å². The summed E-state index contributed by atoms with van der Waals surface area (Å²) in [5, 5.41) is 2.91. The maximum Gasteiger partial charge on any atom is 0.244 e. The van der Waals surface area contributed by atoms with Crippen LogP contribution in [0.25, 0.3) is 0 Å². The van der Waals surface area contributed by atoms with E-state index in [9.17, 15) is 18.0 Å². The first kappa shape index (κ1) is 27.3. The average molecular weight is 518 g/mol. The largest absolute Gasteiger partial charge is 0.486 e. The first-order chi connectivity index (χ1) is 17.1. The van der Waals surface area contributed by atoms with Crippen LogP contribution in [0.5, 0.6) is 11.5 Å². The van der Waals surface area contributed by atoms with Crippen molar-refractivity contribution in [1.82, 2.24) is 10.2 Å². The van der Waals surface area contributed by atoms with E-state index in [1.165, 1.54) is 4.90 Å². The van der Waals surface area contributed by atoms with Gasteiger partial charge in [-0.25, -0.2) is 8.42 Å². The Kier molecular flexibility index (Phi) is 9.19. The standard InChI is InChI=1S/C26H35N3O6S/c1-5-22(26(31)27-16-19(2)3)28(17-20-9-7-6-8-10-20)25(30)18-29(36(4,32)33)21-11-12-23-24(15-21)35-14-13-34-23/h6-12,15,19,22H,5,13-14,16-18H2,1-4H3,(H,27,31)/t22-/m1/s1. The average Bonchev–Trinajstić information content (AvgIpc) is 2.85. The van der Waals surface area contributed by atoms with Crippen LogP contribution in [0, 0.1) is 5.92 Å². The van der Waals surface area contributed by atoms with Crippen LogP contribution in [-0.4, -0.2) is 63.7 Å². The molecule has 1 aliphatic rings. The summed E-state index contributed by atoms with van der Waals surface area (Å²) in [6, 6.07) is 13.3. The molecule has 0 unspecified atom stereocenters. The SMILES string of the molecule is CC[C@H](C(=O)NCC(C)C)N(Cc1ccccc1)C(=O)CN(c1ccc2c(c1)OCCO2)S(C)(=O)=O. The Morgan fingerprint density at radius 1 is 1.03 bits per heavy atom. The summed E-state index contributed by atoms with van der Waals surface area (Å²) in [5.41, 5.74) is 1.12. The van der Waals surface area contributed by atoms with Gasteiger partial charge in [-0.15, -0.1) is 0 Å². The maximum absolute atomic E-state index is 13.7. The van der Waals surface area contributed by atoms with Gasteiger partial charge in [-0.1, -0.05) is 51.1 Å². The third-order valence-electron chi connectivity index (χ3n) is 5.76. The lowest BCUT2D eigenvalue weighted by atomic mass is 10.1. The lowest BCUT2D eigenvalue weighted by molar-refractivity contribution is -0.140. The minimum Gasteiger partial charge on any atom is -0.486 e. The highest BCUT2D eigenvalue weighted by Gasteiger charge is 2.32. The molecule has 2 aromatic carbocycles. The van der Waals surface area contributed by atoms with E-state index in [0.29, 0.717) is 37.7 Å². The van der Waals surface area contributed by atoms with Crippen molar-refractivity contribution >= 4 is 27.5 Å². The van der Waals surface area contributed by atoms with Crippen LogP contribution in [0.1, 0.15) is 32.8 Å². The van der Waals surface area contributed by atoms with Gasteiger partial charge < -0.3 is 19.7 Å². The van der Waals surface area contributed by atoms with Crippen LogP contribution in [0.3, 0.4) is 0 Å². The van der Waals surface area contributed by atoms with Crippen molar-refractivity contribution < 1.29 is 27.5 Å². The molecule has 0 aromatic heterocycles. The third-order valence-corrected chi connectivity index (χ3v) is 6.90. The number of fused-ring (bicyclic) bond motifs is 1. The predicted octanol–water partition coefficient (Wildman–Crippen LogP) is 2.80. The molecule has 1 atom stereocenters. The Labute approximate surface area is 213 Å². The number of rotatable bonds is 11. The second kappa shape index (κ2) is 12.1. The van der Waals surface area contributed by atoms with Gasteiger partial charge in [0.05, 0.1) is 11.9 Å². The van der Waals surface area contributed by atoms with Crippen LogP contribution in [0.15, 0.2) is 48.5 Å². The molecule has 3 rings (SSSR count). The van der Waals surface area contributed by atoms with Crippen molar-refractivity contribution in [3.05, 3.63) is 54.1 Å². The fourth-order valence-corrected chi connectivity index (χ4v) is 4.76. The van der Waals surface area contributed by atoms with Crippen molar-refractivity contribution in [1.29, 1.82) is 0 Å². The molecule has 0 radical (unpaired) electrons. The molecule has 1 N–H and O–H groups in total. The second-order valence-electron chi connectivity index (χ2n) is 9.17. The number of carbonyl (C=O) groups excluding carboxylic acids is 2. The van der Waals surface area contributed by atoms with Crippen molar-refractivity contribution in [3.8, 4) is 11.5 Å². The van der Waals surface area contributed by atoms with E-state index in [1.54, 1.807) is 18.2 Å². The number of nitrogens with one attached hydrogen (secondary N) is 1. The van der Waals surface area contributed by atoms with Gasteiger partial charge in [-0.2, -0.15) is 0 Å². The first-order valence-corrected chi connectivity index (χ1v) is 13.9. The van der Waals surface area contributed by atoms with E-state index in [-0.39, 0.29) is 24.1 Å². The van der Waals surface area contributed by atoms with Crippen LogP contribution >= 0.6 is 0 Å². The zero-order chi connectivity index (χ0) is 26.3. The van der Waals surface area contributed by atoms with Gasteiger partial charge in [0, 0.05) is 19.2 Å². The van der Waals surface area contributed by atoms with E-state index < -0.39 is 28.5 Å². The number of anilines is 1. The monoisotopic (exact) mass is 517 g/mol. The fourth-order valence-electron chi connectivity index (χ4n) is 3.92. The summed E-state index contributed by atoms with van der Waals surface area (Å²) in [4.78, 5) is 28.2. The van der Waals surface area contributed by atoms with Crippen molar-refractivity contribution in [2.45, 2.75) is 39.8 Å². The quantitative estimate of drug-likeness (QED) is 0.492. The molecule has 0 bridgehead atoms. The highest BCUT2D eigenvalue weighted by Crippen LogP contribution is 2.34. The Hall–Kier alpha value is -3.27. The zero-order valence-corrected chi connectivity index (χ0v) is 22.1. The van der Waals surface area contributed by atoms with Gasteiger partial charge in [0.2, 0.25) is 21.8 Å². The van der Waals surface area contributed by atoms with Gasteiger partial charge in [-0.05, 0) is 30.0 Å². The molecule has 2 aromatic rings. The van der Waals surface area contributed by atoms with Crippen molar-refractivity contribution in [2.24, 2.45) is 5.92 Å². The normalized spacial score (nSPS) is 13.7. The number of amides is 2. The van der Waals surface area contributed by atoms with Gasteiger partial charge in [0.25, 0.3) is 0 Å². The summed E-state index contributed by atoms with van der Waals surface area (Å²) in [5.74, 6) is 0.441. The van der Waals surface area contributed by atoms with E-state index in [4.69, 9.17) is 9.47 Å². The molecular formula is C26H35N3O6S. The van der Waals surface area contributed by atoms with Gasteiger partial charge >= 0.3 is 0 Å². The molecule has 36 heavy (non-hydrogen) atoms. The number of carbonyl (C=O) groups is 2. The van der Waals surface area contributed by atoms with E-state index in [1.807, 2.05) is 51.1 Å². The van der Waals surface area contributed by atoms with E-state index in [0.717, 1.165) is 16.1 Å². The lowest BCUT2D eigenvalue weighted by Crippen LogP contribution is -2.52. The number of hydrogen-bond donors (Lipinski definition) is 1. The minimum atomic E-state index is -3.83. The second-order valence-corrected chi connectivity index (χ2v) is 11.1. The van der Waals surface area contributed by atoms with Gasteiger partial charge in [0.1, 0.15) is 25.8 Å². The lowest BCUT2D eigenvalue weighted by Gasteiger charge is -2.33.